The number of thiazole rings is 1. The van der Waals surface area contributed by atoms with Gasteiger partial charge in [0, 0.05) is 10.9 Å². The molecule has 0 fully saturated rings. The Hall–Kier alpha value is -3.59. The fraction of sp³-hybridized carbons (Fsp3) is 0.100. The second-order valence-corrected chi connectivity index (χ2v) is 6.94. The van der Waals surface area contributed by atoms with Crippen LogP contribution in [0.1, 0.15) is 17.3 Å². The number of amides is 1. The molecule has 0 aliphatic carbocycles. The fourth-order valence-electron chi connectivity index (χ4n) is 2.62. The molecule has 7 nitrogen and oxygen atoms in total. The molecule has 9 heteroatoms. The van der Waals surface area contributed by atoms with Crippen molar-refractivity contribution in [1.29, 1.82) is 0 Å². The SMILES string of the molecule is CC(OC(=O)c1cccc2ocnc12)C(=O)Nc1nc(-c2ccc(F)cc2)cs1. The predicted molar refractivity (Wildman–Crippen MR) is 105 cm³/mol. The maximum absolute atomic E-state index is 13.0. The van der Waals surface area contributed by atoms with Gasteiger partial charge in [-0.25, -0.2) is 19.2 Å². The van der Waals surface area contributed by atoms with E-state index in [1.54, 1.807) is 35.7 Å². The van der Waals surface area contributed by atoms with E-state index in [1.807, 2.05) is 0 Å². The molecule has 0 aliphatic rings. The molecule has 146 valence electrons. The summed E-state index contributed by atoms with van der Waals surface area (Å²) in [5.74, 6) is -1.54. The number of oxazole rings is 1. The molecule has 0 saturated carbocycles. The zero-order chi connectivity index (χ0) is 20.4. The highest BCUT2D eigenvalue weighted by Crippen LogP contribution is 2.25. The Morgan fingerprint density at radius 2 is 2.00 bits per heavy atom. The van der Waals surface area contributed by atoms with Crippen LogP contribution in [-0.2, 0) is 9.53 Å². The number of para-hydroxylation sites is 1. The molecule has 0 saturated heterocycles. The van der Waals surface area contributed by atoms with Gasteiger partial charge in [-0.1, -0.05) is 6.07 Å². The van der Waals surface area contributed by atoms with Crippen molar-refractivity contribution < 1.29 is 23.1 Å². The molecule has 1 unspecified atom stereocenters. The molecule has 4 rings (SSSR count). The molecule has 0 aliphatic heterocycles. The van der Waals surface area contributed by atoms with Crippen LogP contribution in [0.4, 0.5) is 9.52 Å². The lowest BCUT2D eigenvalue weighted by Crippen LogP contribution is -2.30. The van der Waals surface area contributed by atoms with E-state index in [4.69, 9.17) is 9.15 Å². The number of rotatable bonds is 5. The van der Waals surface area contributed by atoms with E-state index in [0.717, 1.165) is 5.56 Å². The third-order valence-corrected chi connectivity index (χ3v) is 4.87. The summed E-state index contributed by atoms with van der Waals surface area (Å²) in [5, 5.41) is 4.70. The summed E-state index contributed by atoms with van der Waals surface area (Å²) in [5.41, 5.74) is 2.36. The maximum atomic E-state index is 13.0. The number of carbonyl (C=O) groups is 2. The number of fused-ring (bicyclic) bond motifs is 1. The van der Waals surface area contributed by atoms with Gasteiger partial charge in [-0.05, 0) is 43.3 Å². The van der Waals surface area contributed by atoms with Gasteiger partial charge in [0.05, 0.1) is 11.3 Å². The largest absolute Gasteiger partial charge is 0.449 e. The van der Waals surface area contributed by atoms with E-state index in [1.165, 1.54) is 36.8 Å². The summed E-state index contributed by atoms with van der Waals surface area (Å²) in [4.78, 5) is 33.1. The number of benzene rings is 2. The van der Waals surface area contributed by atoms with Gasteiger partial charge in [-0.2, -0.15) is 0 Å². The first-order valence-electron chi connectivity index (χ1n) is 8.57. The number of halogens is 1. The van der Waals surface area contributed by atoms with Crippen LogP contribution in [0.25, 0.3) is 22.4 Å². The molecule has 0 bridgehead atoms. The molecule has 1 atom stereocenters. The van der Waals surface area contributed by atoms with Crippen LogP contribution in [0.3, 0.4) is 0 Å². The monoisotopic (exact) mass is 411 g/mol. The predicted octanol–water partition coefficient (Wildman–Crippen LogP) is 4.27. The van der Waals surface area contributed by atoms with Gasteiger partial charge in [-0.15, -0.1) is 11.3 Å². The number of anilines is 1. The minimum atomic E-state index is -1.05. The van der Waals surface area contributed by atoms with Crippen LogP contribution in [0, 0.1) is 5.82 Å². The molecule has 1 amide bonds. The zero-order valence-corrected chi connectivity index (χ0v) is 15.9. The van der Waals surface area contributed by atoms with Gasteiger partial charge in [-0.3, -0.25) is 10.1 Å². The van der Waals surface area contributed by atoms with Gasteiger partial charge >= 0.3 is 5.97 Å². The molecule has 4 aromatic rings. The fourth-order valence-corrected chi connectivity index (χ4v) is 3.34. The van der Waals surface area contributed by atoms with Crippen LogP contribution in [0.2, 0.25) is 0 Å². The number of esters is 1. The van der Waals surface area contributed by atoms with E-state index >= 15 is 0 Å². The minimum absolute atomic E-state index is 0.212. The van der Waals surface area contributed by atoms with Crippen LogP contribution in [0.15, 0.2) is 58.7 Å². The zero-order valence-electron chi connectivity index (χ0n) is 15.1. The Kier molecular flexibility index (Phi) is 5.05. The van der Waals surface area contributed by atoms with Crippen molar-refractivity contribution in [3.8, 4) is 11.3 Å². The molecular weight excluding hydrogens is 397 g/mol. The number of nitrogens with zero attached hydrogens (tertiary/aromatic N) is 2. The molecule has 2 heterocycles. The standard InChI is InChI=1S/C20H14FN3O4S/c1-11(28-19(26)14-3-2-4-16-17(14)22-10-27-16)18(25)24-20-23-15(9-29-20)12-5-7-13(21)8-6-12/h2-11H,1H3,(H,23,24,25). The number of ether oxygens (including phenoxy) is 1. The molecule has 1 N–H and O–H groups in total. The first kappa shape index (κ1) is 18.8. The van der Waals surface area contributed by atoms with Gasteiger partial charge in [0.15, 0.2) is 23.2 Å². The quantitative estimate of drug-likeness (QED) is 0.493. The lowest BCUT2D eigenvalue weighted by Gasteiger charge is -2.12. The summed E-state index contributed by atoms with van der Waals surface area (Å²) >= 11 is 1.21. The molecular formula is C20H14FN3O4S. The van der Waals surface area contributed by atoms with Crippen molar-refractivity contribution >= 4 is 39.4 Å². The van der Waals surface area contributed by atoms with Crippen molar-refractivity contribution in [2.24, 2.45) is 0 Å². The Morgan fingerprint density at radius 3 is 2.79 bits per heavy atom. The maximum Gasteiger partial charge on any atom is 0.341 e. The number of carbonyl (C=O) groups excluding carboxylic acids is 2. The van der Waals surface area contributed by atoms with Crippen molar-refractivity contribution in [3.05, 3.63) is 65.6 Å². The normalized spacial score (nSPS) is 11.9. The Bertz CT molecular complexity index is 1190. The van der Waals surface area contributed by atoms with Crippen molar-refractivity contribution in [2.75, 3.05) is 5.32 Å². The lowest BCUT2D eigenvalue weighted by molar-refractivity contribution is -0.123. The second-order valence-electron chi connectivity index (χ2n) is 6.09. The first-order chi connectivity index (χ1) is 14.0. The van der Waals surface area contributed by atoms with Crippen molar-refractivity contribution in [3.63, 3.8) is 0 Å². The number of hydrogen-bond donors (Lipinski definition) is 1. The Balaban J connectivity index is 1.41. The third kappa shape index (κ3) is 3.99. The summed E-state index contributed by atoms with van der Waals surface area (Å²) < 4.78 is 23.5. The van der Waals surface area contributed by atoms with E-state index in [-0.39, 0.29) is 11.4 Å². The molecule has 2 aromatic heterocycles. The molecule has 29 heavy (non-hydrogen) atoms. The van der Waals surface area contributed by atoms with Crippen LogP contribution < -0.4 is 5.32 Å². The highest BCUT2D eigenvalue weighted by atomic mass is 32.1. The van der Waals surface area contributed by atoms with E-state index in [0.29, 0.717) is 21.9 Å². The number of nitrogens with one attached hydrogen (secondary N) is 1. The highest BCUT2D eigenvalue weighted by molar-refractivity contribution is 7.14. The lowest BCUT2D eigenvalue weighted by atomic mass is 10.2. The van der Waals surface area contributed by atoms with Crippen molar-refractivity contribution in [1.82, 2.24) is 9.97 Å². The number of hydrogen-bond acceptors (Lipinski definition) is 7. The van der Waals surface area contributed by atoms with E-state index < -0.39 is 18.0 Å². The minimum Gasteiger partial charge on any atom is -0.449 e. The topological polar surface area (TPSA) is 94.3 Å². The smallest absolute Gasteiger partial charge is 0.341 e. The van der Waals surface area contributed by atoms with Crippen LogP contribution in [0.5, 0.6) is 0 Å². The third-order valence-electron chi connectivity index (χ3n) is 4.11. The van der Waals surface area contributed by atoms with E-state index in [2.05, 4.69) is 15.3 Å². The number of aromatic nitrogens is 2. The highest BCUT2D eigenvalue weighted by Gasteiger charge is 2.22. The average molecular weight is 411 g/mol. The summed E-state index contributed by atoms with van der Waals surface area (Å²) in [6, 6.07) is 10.7. The van der Waals surface area contributed by atoms with Crippen molar-refractivity contribution in [2.45, 2.75) is 13.0 Å². The molecule has 2 aromatic carbocycles. The first-order valence-corrected chi connectivity index (χ1v) is 9.45. The van der Waals surface area contributed by atoms with Gasteiger partial charge in [0.25, 0.3) is 5.91 Å². The van der Waals surface area contributed by atoms with Gasteiger partial charge in [0.1, 0.15) is 11.3 Å². The Labute approximate surface area is 168 Å². The molecule has 0 spiro atoms. The second kappa shape index (κ2) is 7.80. The summed E-state index contributed by atoms with van der Waals surface area (Å²) in [6.07, 6.45) is 0.182. The summed E-state index contributed by atoms with van der Waals surface area (Å²) in [7, 11) is 0. The van der Waals surface area contributed by atoms with Gasteiger partial charge < -0.3 is 9.15 Å². The average Bonchev–Trinajstić information content (AvgIpc) is 3.37. The Morgan fingerprint density at radius 1 is 1.21 bits per heavy atom. The van der Waals surface area contributed by atoms with Gasteiger partial charge in [0.2, 0.25) is 0 Å². The van der Waals surface area contributed by atoms with Crippen LogP contribution >= 0.6 is 11.3 Å². The summed E-state index contributed by atoms with van der Waals surface area (Å²) in [6.45, 7) is 1.46. The van der Waals surface area contributed by atoms with E-state index in [9.17, 15) is 14.0 Å². The molecule has 0 radical (unpaired) electrons. The van der Waals surface area contributed by atoms with Crippen LogP contribution in [-0.4, -0.2) is 27.9 Å².